The van der Waals surface area contributed by atoms with Crippen molar-refractivity contribution in [3.05, 3.63) is 36.1 Å². The van der Waals surface area contributed by atoms with Crippen LogP contribution in [0.25, 0.3) is 11.0 Å². The molecule has 112 valence electrons. The molecule has 0 aliphatic heterocycles. The van der Waals surface area contributed by atoms with E-state index < -0.39 is 12.0 Å². The van der Waals surface area contributed by atoms with Gasteiger partial charge in [-0.15, -0.1) is 0 Å². The average Bonchev–Trinajstić information content (AvgIpc) is 2.80. The molecule has 0 spiro atoms. The lowest BCUT2D eigenvalue weighted by molar-refractivity contribution is -0.138. The Labute approximate surface area is 122 Å². The predicted octanol–water partition coefficient (Wildman–Crippen LogP) is 3.05. The normalized spacial score (nSPS) is 13.1. The summed E-state index contributed by atoms with van der Waals surface area (Å²) in [5, 5.41) is 12.5. The molecular weight excluding hydrogens is 270 g/mol. The number of para-hydroxylation sites is 1. The van der Waals surface area contributed by atoms with Gasteiger partial charge in [-0.05, 0) is 11.5 Å². The number of hydrogen-bond donors (Lipinski definition) is 2. The van der Waals surface area contributed by atoms with Crippen molar-refractivity contribution in [1.82, 2.24) is 5.32 Å². The van der Waals surface area contributed by atoms with Gasteiger partial charge in [-0.25, -0.2) is 0 Å². The van der Waals surface area contributed by atoms with E-state index in [1.54, 1.807) is 12.1 Å². The first kappa shape index (κ1) is 15.1. The Hall–Kier alpha value is -2.30. The van der Waals surface area contributed by atoms with Crippen LogP contribution in [-0.2, 0) is 4.79 Å². The van der Waals surface area contributed by atoms with Gasteiger partial charge in [0.25, 0.3) is 5.91 Å². The Bertz CT molecular complexity index is 666. The van der Waals surface area contributed by atoms with Crippen molar-refractivity contribution in [2.75, 3.05) is 0 Å². The number of aliphatic carboxylic acids is 1. The van der Waals surface area contributed by atoms with Crippen LogP contribution in [0.3, 0.4) is 0 Å². The topological polar surface area (TPSA) is 79.5 Å². The van der Waals surface area contributed by atoms with Crippen molar-refractivity contribution in [2.45, 2.75) is 33.2 Å². The number of nitrogens with one attached hydrogen (secondary N) is 1. The third kappa shape index (κ3) is 3.42. The van der Waals surface area contributed by atoms with Crippen LogP contribution >= 0.6 is 0 Å². The highest BCUT2D eigenvalue weighted by atomic mass is 16.4. The highest BCUT2D eigenvalue weighted by molar-refractivity contribution is 6.06. The quantitative estimate of drug-likeness (QED) is 0.906. The molecule has 0 fully saturated rings. The molecule has 0 aliphatic carbocycles. The molecule has 2 aromatic rings. The maximum absolute atomic E-state index is 12.4. The van der Waals surface area contributed by atoms with Crippen molar-refractivity contribution in [3.63, 3.8) is 0 Å². The smallest absolute Gasteiger partial charge is 0.305 e. The number of carboxylic acid groups (broad SMARTS) is 1. The summed E-state index contributed by atoms with van der Waals surface area (Å²) in [4.78, 5) is 23.4. The molecule has 1 aromatic carbocycles. The first-order chi connectivity index (χ1) is 9.79. The van der Waals surface area contributed by atoms with Crippen molar-refractivity contribution in [1.29, 1.82) is 0 Å². The molecule has 5 heteroatoms. The lowest BCUT2D eigenvalue weighted by Crippen LogP contribution is -2.45. The molecule has 1 aromatic heterocycles. The first-order valence-corrected chi connectivity index (χ1v) is 6.78. The van der Waals surface area contributed by atoms with Crippen LogP contribution in [0, 0.1) is 5.41 Å². The largest absolute Gasteiger partial charge is 0.481 e. The standard InChI is InChI=1S/C16H19NO4/c1-16(2,3)13(8-14(18)19)17-15(20)11-9-21-12-7-5-4-6-10(11)12/h4-7,9,13H,8H2,1-3H3,(H,17,20)(H,18,19). The zero-order chi connectivity index (χ0) is 15.6. The van der Waals surface area contributed by atoms with E-state index in [2.05, 4.69) is 5.32 Å². The number of carboxylic acids is 1. The van der Waals surface area contributed by atoms with Crippen LogP contribution in [0.1, 0.15) is 37.6 Å². The fraction of sp³-hybridized carbons (Fsp3) is 0.375. The summed E-state index contributed by atoms with van der Waals surface area (Å²) < 4.78 is 5.34. The molecule has 0 radical (unpaired) electrons. The van der Waals surface area contributed by atoms with E-state index in [1.165, 1.54) is 6.26 Å². The second-order valence-corrected chi connectivity index (χ2v) is 6.14. The fourth-order valence-electron chi connectivity index (χ4n) is 2.14. The van der Waals surface area contributed by atoms with E-state index in [0.29, 0.717) is 11.1 Å². The molecular formula is C16H19NO4. The van der Waals surface area contributed by atoms with Crippen LogP contribution in [0.5, 0.6) is 0 Å². The van der Waals surface area contributed by atoms with E-state index in [1.807, 2.05) is 32.9 Å². The number of rotatable bonds is 4. The summed E-state index contributed by atoms with van der Waals surface area (Å²) in [6, 6.07) is 6.78. The van der Waals surface area contributed by atoms with E-state index >= 15 is 0 Å². The Morgan fingerprint density at radius 3 is 2.57 bits per heavy atom. The van der Waals surface area contributed by atoms with E-state index in [4.69, 9.17) is 9.52 Å². The van der Waals surface area contributed by atoms with E-state index in [-0.39, 0.29) is 17.7 Å². The Morgan fingerprint density at radius 2 is 1.95 bits per heavy atom. The predicted molar refractivity (Wildman–Crippen MR) is 79.2 cm³/mol. The van der Waals surface area contributed by atoms with Gasteiger partial charge in [0, 0.05) is 11.4 Å². The third-order valence-corrected chi connectivity index (χ3v) is 3.46. The summed E-state index contributed by atoms with van der Waals surface area (Å²) in [5.74, 6) is -1.26. The molecule has 0 saturated carbocycles. The summed E-state index contributed by atoms with van der Waals surface area (Å²) >= 11 is 0. The minimum Gasteiger partial charge on any atom is -0.481 e. The van der Waals surface area contributed by atoms with Gasteiger partial charge in [0.1, 0.15) is 11.8 Å². The number of hydrogen-bond acceptors (Lipinski definition) is 3. The molecule has 2 rings (SSSR count). The maximum Gasteiger partial charge on any atom is 0.305 e. The van der Waals surface area contributed by atoms with Crippen molar-refractivity contribution in [2.24, 2.45) is 5.41 Å². The molecule has 0 saturated heterocycles. The first-order valence-electron chi connectivity index (χ1n) is 6.78. The molecule has 0 aliphatic rings. The second kappa shape index (κ2) is 5.60. The zero-order valence-electron chi connectivity index (χ0n) is 12.3. The Kier molecular flexibility index (Phi) is 4.02. The highest BCUT2D eigenvalue weighted by Crippen LogP contribution is 2.24. The van der Waals surface area contributed by atoms with Gasteiger partial charge >= 0.3 is 5.97 Å². The number of amides is 1. The Morgan fingerprint density at radius 1 is 1.29 bits per heavy atom. The van der Waals surface area contributed by atoms with Gasteiger partial charge in [0.2, 0.25) is 0 Å². The third-order valence-electron chi connectivity index (χ3n) is 3.46. The zero-order valence-corrected chi connectivity index (χ0v) is 12.3. The lowest BCUT2D eigenvalue weighted by Gasteiger charge is -2.30. The summed E-state index contributed by atoms with van der Waals surface area (Å²) in [5.41, 5.74) is 0.701. The molecule has 1 heterocycles. The van der Waals surface area contributed by atoms with Gasteiger partial charge < -0.3 is 14.8 Å². The van der Waals surface area contributed by atoms with Gasteiger partial charge in [-0.2, -0.15) is 0 Å². The SMILES string of the molecule is CC(C)(C)C(CC(=O)O)NC(=O)c1coc2ccccc12. The summed E-state index contributed by atoms with van der Waals surface area (Å²) in [6.45, 7) is 5.69. The van der Waals surface area contributed by atoms with Crippen LogP contribution in [0.2, 0.25) is 0 Å². The lowest BCUT2D eigenvalue weighted by atomic mass is 9.84. The number of carbonyl (C=O) groups is 2. The number of carbonyl (C=O) groups excluding carboxylic acids is 1. The maximum atomic E-state index is 12.4. The number of benzene rings is 1. The van der Waals surface area contributed by atoms with Crippen molar-refractivity contribution < 1.29 is 19.1 Å². The fourth-order valence-corrected chi connectivity index (χ4v) is 2.14. The summed E-state index contributed by atoms with van der Waals surface area (Å²) in [7, 11) is 0. The number of fused-ring (bicyclic) bond motifs is 1. The molecule has 1 unspecified atom stereocenters. The summed E-state index contributed by atoms with van der Waals surface area (Å²) in [6.07, 6.45) is 1.28. The van der Waals surface area contributed by atoms with Gasteiger partial charge in [0.15, 0.2) is 0 Å². The Balaban J connectivity index is 2.25. The van der Waals surface area contributed by atoms with Crippen LogP contribution in [-0.4, -0.2) is 23.0 Å². The molecule has 0 bridgehead atoms. The van der Waals surface area contributed by atoms with E-state index in [0.717, 1.165) is 5.39 Å². The molecule has 1 amide bonds. The molecule has 1 atom stereocenters. The highest BCUT2D eigenvalue weighted by Gasteiger charge is 2.29. The van der Waals surface area contributed by atoms with Crippen LogP contribution in [0.15, 0.2) is 34.9 Å². The monoisotopic (exact) mass is 289 g/mol. The molecule has 5 nitrogen and oxygen atoms in total. The van der Waals surface area contributed by atoms with Gasteiger partial charge in [-0.1, -0.05) is 39.0 Å². The second-order valence-electron chi connectivity index (χ2n) is 6.14. The average molecular weight is 289 g/mol. The van der Waals surface area contributed by atoms with Crippen LogP contribution in [0.4, 0.5) is 0 Å². The molecule has 21 heavy (non-hydrogen) atoms. The van der Waals surface area contributed by atoms with Crippen LogP contribution < -0.4 is 5.32 Å². The van der Waals surface area contributed by atoms with Gasteiger partial charge in [0.05, 0.1) is 12.0 Å². The molecule has 2 N–H and O–H groups in total. The van der Waals surface area contributed by atoms with Crippen molar-refractivity contribution >= 4 is 22.8 Å². The minimum absolute atomic E-state index is 0.120. The van der Waals surface area contributed by atoms with Gasteiger partial charge in [-0.3, -0.25) is 9.59 Å². The number of furan rings is 1. The van der Waals surface area contributed by atoms with Crippen molar-refractivity contribution in [3.8, 4) is 0 Å². The minimum atomic E-state index is -0.938. The van der Waals surface area contributed by atoms with E-state index in [9.17, 15) is 9.59 Å².